The van der Waals surface area contributed by atoms with Gasteiger partial charge in [0.05, 0.1) is 12.2 Å². The van der Waals surface area contributed by atoms with Gasteiger partial charge in [0, 0.05) is 26.2 Å². The molecule has 1 atom stereocenters. The van der Waals surface area contributed by atoms with E-state index < -0.39 is 0 Å². The Morgan fingerprint density at radius 3 is 2.58 bits per heavy atom. The molecule has 0 aromatic heterocycles. The highest BCUT2D eigenvalue weighted by molar-refractivity contribution is 4.86. The third kappa shape index (κ3) is 6.24. The molecule has 1 heterocycles. The minimum Gasteiger partial charge on any atom is -0.373 e. The fraction of sp³-hybridized carbons (Fsp3) is 1.00. The summed E-state index contributed by atoms with van der Waals surface area (Å²) in [6.45, 7) is 17.8. The molecular weight excluding hydrogens is 236 g/mol. The number of nitrogens with zero attached hydrogens (tertiary/aromatic N) is 1. The van der Waals surface area contributed by atoms with E-state index in [0.29, 0.717) is 5.41 Å². The van der Waals surface area contributed by atoms with E-state index in [1.807, 2.05) is 0 Å². The third-order valence-electron chi connectivity index (χ3n) is 3.94. The van der Waals surface area contributed by atoms with E-state index in [9.17, 15) is 0 Å². The van der Waals surface area contributed by atoms with Crippen LogP contribution in [0.3, 0.4) is 0 Å². The lowest BCUT2D eigenvalue weighted by Crippen LogP contribution is -2.52. The molecule has 0 radical (unpaired) electrons. The van der Waals surface area contributed by atoms with Gasteiger partial charge in [0.15, 0.2) is 0 Å². The summed E-state index contributed by atoms with van der Waals surface area (Å²) in [4.78, 5) is 2.59. The van der Waals surface area contributed by atoms with Gasteiger partial charge in [0.1, 0.15) is 0 Å². The van der Waals surface area contributed by atoms with Gasteiger partial charge in [-0.2, -0.15) is 0 Å². The Kier molecular flexibility index (Phi) is 6.78. The Morgan fingerprint density at radius 2 is 2.00 bits per heavy atom. The summed E-state index contributed by atoms with van der Waals surface area (Å²) in [5, 5.41) is 3.61. The normalized spacial score (nSPS) is 23.2. The molecule has 1 saturated heterocycles. The molecule has 3 nitrogen and oxygen atoms in total. The summed E-state index contributed by atoms with van der Waals surface area (Å²) in [5.41, 5.74) is 0.402. The molecule has 1 rings (SSSR count). The Balaban J connectivity index is 2.51. The second kappa shape index (κ2) is 7.61. The summed E-state index contributed by atoms with van der Waals surface area (Å²) >= 11 is 0. The molecule has 0 bridgehead atoms. The van der Waals surface area contributed by atoms with Gasteiger partial charge in [-0.1, -0.05) is 27.2 Å². The molecule has 114 valence electrons. The van der Waals surface area contributed by atoms with E-state index in [1.54, 1.807) is 0 Å². The molecule has 0 aliphatic carbocycles. The number of nitrogens with one attached hydrogen (secondary N) is 1. The first-order valence-electron chi connectivity index (χ1n) is 7.98. The van der Waals surface area contributed by atoms with E-state index in [1.165, 1.54) is 25.8 Å². The van der Waals surface area contributed by atoms with Crippen LogP contribution in [0.25, 0.3) is 0 Å². The highest BCUT2D eigenvalue weighted by Crippen LogP contribution is 2.26. The smallest absolute Gasteiger partial charge is 0.0753 e. The maximum Gasteiger partial charge on any atom is 0.0753 e. The van der Waals surface area contributed by atoms with Gasteiger partial charge >= 0.3 is 0 Å². The van der Waals surface area contributed by atoms with Crippen LogP contribution in [0.2, 0.25) is 0 Å². The second-order valence-electron chi connectivity index (χ2n) is 7.06. The largest absolute Gasteiger partial charge is 0.373 e. The second-order valence-corrected chi connectivity index (χ2v) is 7.06. The first-order chi connectivity index (χ1) is 8.91. The van der Waals surface area contributed by atoms with Crippen molar-refractivity contribution in [3.8, 4) is 0 Å². The fourth-order valence-corrected chi connectivity index (χ4v) is 3.18. The molecule has 1 aliphatic rings. The lowest BCUT2D eigenvalue weighted by Gasteiger charge is -2.43. The molecule has 1 N–H and O–H groups in total. The van der Waals surface area contributed by atoms with Crippen molar-refractivity contribution in [1.29, 1.82) is 0 Å². The van der Waals surface area contributed by atoms with Gasteiger partial charge < -0.3 is 10.1 Å². The molecule has 1 unspecified atom stereocenters. The molecular formula is C16H34N2O. The van der Waals surface area contributed by atoms with Crippen molar-refractivity contribution in [1.82, 2.24) is 10.2 Å². The van der Waals surface area contributed by atoms with Crippen molar-refractivity contribution >= 4 is 0 Å². The molecule has 0 amide bonds. The Bertz CT molecular complexity index is 255. The van der Waals surface area contributed by atoms with Gasteiger partial charge in [-0.3, -0.25) is 4.90 Å². The Labute approximate surface area is 120 Å². The van der Waals surface area contributed by atoms with Crippen LogP contribution in [0.5, 0.6) is 0 Å². The van der Waals surface area contributed by atoms with E-state index in [2.05, 4.69) is 44.8 Å². The van der Waals surface area contributed by atoms with Crippen LogP contribution in [0.1, 0.15) is 53.9 Å². The van der Waals surface area contributed by atoms with Crippen LogP contribution >= 0.6 is 0 Å². The average molecular weight is 270 g/mol. The summed E-state index contributed by atoms with van der Waals surface area (Å²) in [6.07, 6.45) is 3.77. The van der Waals surface area contributed by atoms with Crippen molar-refractivity contribution in [2.75, 3.05) is 39.3 Å². The minimum atomic E-state index is 0.0161. The van der Waals surface area contributed by atoms with Gasteiger partial charge in [-0.15, -0.1) is 0 Å². The monoisotopic (exact) mass is 270 g/mol. The highest BCUT2D eigenvalue weighted by atomic mass is 16.5. The predicted molar refractivity (Wildman–Crippen MR) is 82.6 cm³/mol. The summed E-state index contributed by atoms with van der Waals surface area (Å²) in [5.74, 6) is 0. The zero-order valence-corrected chi connectivity index (χ0v) is 13.7. The molecule has 0 aromatic rings. The lowest BCUT2D eigenvalue weighted by atomic mass is 9.84. The lowest BCUT2D eigenvalue weighted by molar-refractivity contribution is -0.0938. The first-order valence-corrected chi connectivity index (χ1v) is 7.98. The van der Waals surface area contributed by atoms with Gasteiger partial charge in [-0.05, 0) is 38.6 Å². The predicted octanol–water partition coefficient (Wildman–Crippen LogP) is 2.90. The van der Waals surface area contributed by atoms with Crippen LogP contribution < -0.4 is 5.32 Å². The van der Waals surface area contributed by atoms with Crippen molar-refractivity contribution < 1.29 is 4.74 Å². The van der Waals surface area contributed by atoms with Gasteiger partial charge in [0.2, 0.25) is 0 Å². The SMILES string of the molecule is CCCNCC(C)(CCC)CN1CCOC(C)(C)C1. The Hall–Kier alpha value is -0.120. The van der Waals surface area contributed by atoms with Gasteiger partial charge in [-0.25, -0.2) is 0 Å². The quantitative estimate of drug-likeness (QED) is 0.686. The fourth-order valence-electron chi connectivity index (χ4n) is 3.18. The van der Waals surface area contributed by atoms with Crippen LogP contribution in [0.15, 0.2) is 0 Å². The zero-order valence-electron chi connectivity index (χ0n) is 13.7. The number of hydrogen-bond acceptors (Lipinski definition) is 3. The van der Waals surface area contributed by atoms with E-state index in [0.717, 1.165) is 32.8 Å². The minimum absolute atomic E-state index is 0.0161. The van der Waals surface area contributed by atoms with Crippen LogP contribution in [-0.2, 0) is 4.74 Å². The van der Waals surface area contributed by atoms with Crippen molar-refractivity contribution in [3.05, 3.63) is 0 Å². The molecule has 3 heteroatoms. The molecule has 1 fully saturated rings. The highest BCUT2D eigenvalue weighted by Gasteiger charge is 2.32. The maximum absolute atomic E-state index is 5.81. The first kappa shape index (κ1) is 16.9. The third-order valence-corrected chi connectivity index (χ3v) is 3.94. The van der Waals surface area contributed by atoms with Crippen molar-refractivity contribution in [2.45, 2.75) is 59.5 Å². The summed E-state index contributed by atoms with van der Waals surface area (Å²) in [7, 11) is 0. The molecule has 0 aromatic carbocycles. The molecule has 0 saturated carbocycles. The van der Waals surface area contributed by atoms with Gasteiger partial charge in [0.25, 0.3) is 0 Å². The van der Waals surface area contributed by atoms with Crippen molar-refractivity contribution in [2.24, 2.45) is 5.41 Å². The average Bonchev–Trinajstić information content (AvgIpc) is 2.28. The van der Waals surface area contributed by atoms with E-state index in [-0.39, 0.29) is 5.60 Å². The van der Waals surface area contributed by atoms with Crippen LogP contribution in [0, 0.1) is 5.41 Å². The number of ether oxygens (including phenoxy) is 1. The summed E-state index contributed by atoms with van der Waals surface area (Å²) < 4.78 is 5.81. The topological polar surface area (TPSA) is 24.5 Å². The Morgan fingerprint density at radius 1 is 1.26 bits per heavy atom. The molecule has 0 spiro atoms. The molecule has 19 heavy (non-hydrogen) atoms. The molecule has 1 aliphatic heterocycles. The van der Waals surface area contributed by atoms with E-state index >= 15 is 0 Å². The van der Waals surface area contributed by atoms with Crippen LogP contribution in [0.4, 0.5) is 0 Å². The number of hydrogen-bond donors (Lipinski definition) is 1. The standard InChI is InChI=1S/C16H34N2O/c1-6-8-16(5,12-17-9-7-2)14-18-10-11-19-15(3,4)13-18/h17H,6-14H2,1-5H3. The van der Waals surface area contributed by atoms with Crippen molar-refractivity contribution in [3.63, 3.8) is 0 Å². The maximum atomic E-state index is 5.81. The van der Waals surface area contributed by atoms with E-state index in [4.69, 9.17) is 4.74 Å². The number of morpholine rings is 1. The summed E-state index contributed by atoms with van der Waals surface area (Å²) in [6, 6.07) is 0. The van der Waals surface area contributed by atoms with Crippen LogP contribution in [-0.4, -0.2) is 49.8 Å². The number of rotatable bonds is 8. The zero-order chi connectivity index (χ0) is 14.4.